The van der Waals surface area contributed by atoms with E-state index in [0.29, 0.717) is 18.1 Å². The summed E-state index contributed by atoms with van der Waals surface area (Å²) >= 11 is 9.26. The topological polar surface area (TPSA) is 32.3 Å². The number of likely N-dealkylation sites (N-methyl/N-ethyl adjacent to an activating group) is 1. The van der Waals surface area contributed by atoms with Crippen LogP contribution in [0.5, 0.6) is 0 Å². The molecule has 5 heteroatoms. The number of nitrogens with zero attached hydrogens (tertiary/aromatic N) is 1. The highest BCUT2D eigenvalue weighted by Crippen LogP contribution is 2.22. The van der Waals surface area contributed by atoms with Crippen molar-refractivity contribution in [3.8, 4) is 0 Å². The predicted molar refractivity (Wildman–Crippen MR) is 74.2 cm³/mol. The first-order chi connectivity index (χ1) is 8.04. The summed E-state index contributed by atoms with van der Waals surface area (Å²) in [5.74, 6) is 0.0977. The van der Waals surface area contributed by atoms with Crippen LogP contribution in [-0.2, 0) is 11.3 Å². The van der Waals surface area contributed by atoms with Crippen molar-refractivity contribution in [1.29, 1.82) is 0 Å². The Morgan fingerprint density at radius 3 is 2.82 bits per heavy atom. The molecule has 1 aromatic rings. The first-order valence-electron chi connectivity index (χ1n) is 5.43. The van der Waals surface area contributed by atoms with Crippen molar-refractivity contribution in [2.75, 3.05) is 20.1 Å². The number of rotatable bonds is 5. The molecule has 0 spiro atoms. The second-order valence-electron chi connectivity index (χ2n) is 3.76. The first kappa shape index (κ1) is 14.5. The van der Waals surface area contributed by atoms with Crippen LogP contribution in [0.15, 0.2) is 22.7 Å². The molecule has 0 bridgehead atoms. The van der Waals surface area contributed by atoms with Crippen LogP contribution >= 0.6 is 27.5 Å². The van der Waals surface area contributed by atoms with Gasteiger partial charge in [0.15, 0.2) is 0 Å². The van der Waals surface area contributed by atoms with Crippen molar-refractivity contribution < 1.29 is 4.79 Å². The Labute approximate surface area is 115 Å². The molecule has 0 unspecified atom stereocenters. The SMILES string of the molecule is CCN(C)C(=O)CNCc1ccc(Cl)c(Br)c1. The molecule has 1 aromatic carbocycles. The van der Waals surface area contributed by atoms with E-state index in [0.717, 1.165) is 16.6 Å². The van der Waals surface area contributed by atoms with Gasteiger partial charge < -0.3 is 10.2 Å². The van der Waals surface area contributed by atoms with Gasteiger partial charge in [-0.3, -0.25) is 4.79 Å². The number of hydrogen-bond donors (Lipinski definition) is 1. The zero-order valence-electron chi connectivity index (χ0n) is 9.96. The van der Waals surface area contributed by atoms with Gasteiger partial charge in [-0.25, -0.2) is 0 Å². The van der Waals surface area contributed by atoms with Crippen molar-refractivity contribution in [3.05, 3.63) is 33.3 Å². The third-order valence-corrected chi connectivity index (χ3v) is 3.70. The summed E-state index contributed by atoms with van der Waals surface area (Å²) in [5.41, 5.74) is 1.09. The van der Waals surface area contributed by atoms with Crippen molar-refractivity contribution >= 4 is 33.4 Å². The largest absolute Gasteiger partial charge is 0.345 e. The average molecular weight is 320 g/mol. The molecule has 0 aliphatic heterocycles. The Kier molecular flexibility index (Phi) is 5.95. The minimum Gasteiger partial charge on any atom is -0.345 e. The molecule has 0 aliphatic carbocycles. The van der Waals surface area contributed by atoms with Gasteiger partial charge in [-0.1, -0.05) is 17.7 Å². The molecule has 17 heavy (non-hydrogen) atoms. The van der Waals surface area contributed by atoms with Crippen LogP contribution in [0.2, 0.25) is 5.02 Å². The summed E-state index contributed by atoms with van der Waals surface area (Å²) < 4.78 is 0.871. The molecule has 0 aliphatic rings. The quantitative estimate of drug-likeness (QED) is 0.905. The summed E-state index contributed by atoms with van der Waals surface area (Å²) in [7, 11) is 1.79. The summed E-state index contributed by atoms with van der Waals surface area (Å²) in [6, 6.07) is 5.72. The third-order valence-electron chi connectivity index (χ3n) is 2.49. The lowest BCUT2D eigenvalue weighted by molar-refractivity contribution is -0.128. The van der Waals surface area contributed by atoms with Crippen LogP contribution < -0.4 is 5.32 Å². The van der Waals surface area contributed by atoms with E-state index in [1.807, 2.05) is 25.1 Å². The Balaban J connectivity index is 2.41. The van der Waals surface area contributed by atoms with Crippen LogP contribution in [0, 0.1) is 0 Å². The van der Waals surface area contributed by atoms with Crippen molar-refractivity contribution in [3.63, 3.8) is 0 Å². The van der Waals surface area contributed by atoms with Crippen LogP contribution in [0.25, 0.3) is 0 Å². The van der Waals surface area contributed by atoms with Gasteiger partial charge in [0.25, 0.3) is 0 Å². The number of halogens is 2. The lowest BCUT2D eigenvalue weighted by atomic mass is 10.2. The summed E-state index contributed by atoms with van der Waals surface area (Å²) in [4.78, 5) is 13.2. The van der Waals surface area contributed by atoms with Crippen LogP contribution in [-0.4, -0.2) is 30.9 Å². The fourth-order valence-corrected chi connectivity index (χ4v) is 1.82. The molecule has 0 saturated carbocycles. The van der Waals surface area contributed by atoms with Crippen molar-refractivity contribution in [1.82, 2.24) is 10.2 Å². The number of carbonyl (C=O) groups is 1. The van der Waals surface area contributed by atoms with Gasteiger partial charge >= 0.3 is 0 Å². The van der Waals surface area contributed by atoms with Crippen LogP contribution in [0.1, 0.15) is 12.5 Å². The van der Waals surface area contributed by atoms with Crippen LogP contribution in [0.4, 0.5) is 0 Å². The monoisotopic (exact) mass is 318 g/mol. The fourth-order valence-electron chi connectivity index (χ4n) is 1.27. The van der Waals surface area contributed by atoms with Gasteiger partial charge in [0.05, 0.1) is 11.6 Å². The predicted octanol–water partition coefficient (Wildman–Crippen LogP) is 2.67. The van der Waals surface area contributed by atoms with E-state index in [1.54, 1.807) is 11.9 Å². The van der Waals surface area contributed by atoms with Crippen molar-refractivity contribution in [2.24, 2.45) is 0 Å². The molecular weight excluding hydrogens is 304 g/mol. The van der Waals surface area contributed by atoms with E-state index in [4.69, 9.17) is 11.6 Å². The number of benzene rings is 1. The smallest absolute Gasteiger partial charge is 0.236 e. The fraction of sp³-hybridized carbons (Fsp3) is 0.417. The maximum absolute atomic E-state index is 11.5. The molecule has 3 nitrogen and oxygen atoms in total. The third kappa shape index (κ3) is 4.66. The lowest BCUT2D eigenvalue weighted by Crippen LogP contribution is -2.35. The molecule has 0 radical (unpaired) electrons. The van der Waals surface area contributed by atoms with E-state index in [2.05, 4.69) is 21.2 Å². The number of nitrogens with one attached hydrogen (secondary N) is 1. The van der Waals surface area contributed by atoms with Gasteiger partial charge in [-0.15, -0.1) is 0 Å². The Hall–Kier alpha value is -0.580. The van der Waals surface area contributed by atoms with E-state index in [1.165, 1.54) is 0 Å². The second-order valence-corrected chi connectivity index (χ2v) is 5.02. The summed E-state index contributed by atoms with van der Waals surface area (Å²) in [5, 5.41) is 3.80. The highest BCUT2D eigenvalue weighted by atomic mass is 79.9. The lowest BCUT2D eigenvalue weighted by Gasteiger charge is -2.14. The number of carbonyl (C=O) groups excluding carboxylic acids is 1. The Bertz CT molecular complexity index is 398. The van der Waals surface area contributed by atoms with Crippen molar-refractivity contribution in [2.45, 2.75) is 13.5 Å². The number of hydrogen-bond acceptors (Lipinski definition) is 2. The Morgan fingerprint density at radius 2 is 2.24 bits per heavy atom. The molecule has 1 rings (SSSR count). The number of amides is 1. The normalized spacial score (nSPS) is 10.4. The molecule has 0 atom stereocenters. The average Bonchev–Trinajstić information content (AvgIpc) is 2.32. The molecule has 0 fully saturated rings. The molecule has 1 N–H and O–H groups in total. The van der Waals surface area contributed by atoms with E-state index < -0.39 is 0 Å². The van der Waals surface area contributed by atoms with Gasteiger partial charge in [-0.2, -0.15) is 0 Å². The van der Waals surface area contributed by atoms with E-state index in [-0.39, 0.29) is 5.91 Å². The molecule has 0 aromatic heterocycles. The standard InChI is InChI=1S/C12H16BrClN2O/c1-3-16(2)12(17)8-15-7-9-4-5-11(14)10(13)6-9/h4-6,15H,3,7-8H2,1-2H3. The highest BCUT2D eigenvalue weighted by Gasteiger charge is 2.05. The zero-order valence-corrected chi connectivity index (χ0v) is 12.3. The minimum atomic E-state index is 0.0977. The molecule has 94 valence electrons. The minimum absolute atomic E-state index is 0.0977. The van der Waals surface area contributed by atoms with Gasteiger partial charge in [-0.05, 0) is 40.5 Å². The van der Waals surface area contributed by atoms with Gasteiger partial charge in [0.1, 0.15) is 0 Å². The molecule has 0 heterocycles. The van der Waals surface area contributed by atoms with Gasteiger partial charge in [0.2, 0.25) is 5.91 Å². The van der Waals surface area contributed by atoms with Crippen LogP contribution in [0.3, 0.4) is 0 Å². The molecule has 1 amide bonds. The zero-order chi connectivity index (χ0) is 12.8. The van der Waals surface area contributed by atoms with E-state index in [9.17, 15) is 4.79 Å². The van der Waals surface area contributed by atoms with Gasteiger partial charge in [0, 0.05) is 24.6 Å². The maximum atomic E-state index is 11.5. The van der Waals surface area contributed by atoms with E-state index >= 15 is 0 Å². The molecule has 0 saturated heterocycles. The first-order valence-corrected chi connectivity index (χ1v) is 6.60. The molecular formula is C12H16BrClN2O. The highest BCUT2D eigenvalue weighted by molar-refractivity contribution is 9.10. The maximum Gasteiger partial charge on any atom is 0.236 e. The second kappa shape index (κ2) is 6.99. The summed E-state index contributed by atoms with van der Waals surface area (Å²) in [6.45, 7) is 3.69. The summed E-state index contributed by atoms with van der Waals surface area (Å²) in [6.07, 6.45) is 0. The Morgan fingerprint density at radius 1 is 1.53 bits per heavy atom.